The molecule has 1 atom stereocenters. The van der Waals surface area contributed by atoms with Gasteiger partial charge in [-0.3, -0.25) is 4.90 Å². The minimum absolute atomic E-state index is 0.254. The van der Waals surface area contributed by atoms with Crippen LogP contribution in [-0.2, 0) is 12.7 Å². The fraction of sp³-hybridized carbons (Fsp3) is 0.625. The topological polar surface area (TPSA) is 15.3 Å². The van der Waals surface area contributed by atoms with Crippen LogP contribution in [0.5, 0.6) is 0 Å². The van der Waals surface area contributed by atoms with Crippen LogP contribution in [0.3, 0.4) is 0 Å². The number of rotatable bonds is 2. The van der Waals surface area contributed by atoms with Crippen molar-refractivity contribution in [2.24, 2.45) is 0 Å². The summed E-state index contributed by atoms with van der Waals surface area (Å²) >= 11 is 0. The lowest BCUT2D eigenvalue weighted by atomic mass is 9.88. The maximum atomic E-state index is 12.5. The molecule has 2 saturated heterocycles. The molecule has 5 heteroatoms. The second-order valence-electron chi connectivity index (χ2n) is 6.32. The zero-order valence-corrected chi connectivity index (χ0v) is 12.0. The van der Waals surface area contributed by atoms with E-state index in [2.05, 4.69) is 10.2 Å². The Morgan fingerprint density at radius 3 is 2.48 bits per heavy atom. The number of nitrogens with zero attached hydrogens (tertiary/aromatic N) is 1. The molecule has 116 valence electrons. The standard InChI is InChI=1S/C16H21F3N2/c17-16(18,19)14-5-3-13(4-6-14)11-21-10-8-15(12-21)7-1-2-9-20-15/h3-6,20H,1-2,7-12H2. The first-order valence-electron chi connectivity index (χ1n) is 7.60. The van der Waals surface area contributed by atoms with Gasteiger partial charge in [0.25, 0.3) is 0 Å². The zero-order chi connectivity index (χ0) is 14.9. The summed E-state index contributed by atoms with van der Waals surface area (Å²) in [5.74, 6) is 0. The van der Waals surface area contributed by atoms with Gasteiger partial charge in [0.2, 0.25) is 0 Å². The number of benzene rings is 1. The van der Waals surface area contributed by atoms with E-state index in [-0.39, 0.29) is 5.54 Å². The largest absolute Gasteiger partial charge is 0.416 e. The molecular weight excluding hydrogens is 277 g/mol. The first-order chi connectivity index (χ1) is 9.97. The van der Waals surface area contributed by atoms with Crippen LogP contribution in [0.25, 0.3) is 0 Å². The number of piperidine rings is 1. The smallest absolute Gasteiger partial charge is 0.310 e. The van der Waals surface area contributed by atoms with Crippen LogP contribution in [0.15, 0.2) is 24.3 Å². The van der Waals surface area contributed by atoms with Crippen LogP contribution in [0.4, 0.5) is 13.2 Å². The molecule has 2 heterocycles. The quantitative estimate of drug-likeness (QED) is 0.900. The summed E-state index contributed by atoms with van der Waals surface area (Å²) in [6, 6.07) is 5.56. The molecule has 0 aliphatic carbocycles. The lowest BCUT2D eigenvalue weighted by molar-refractivity contribution is -0.137. The Kier molecular flexibility index (Phi) is 3.97. The molecule has 2 aliphatic heterocycles. The van der Waals surface area contributed by atoms with E-state index in [0.717, 1.165) is 38.2 Å². The van der Waals surface area contributed by atoms with Gasteiger partial charge in [0.05, 0.1) is 5.56 Å². The first kappa shape index (κ1) is 14.9. The molecule has 1 aromatic rings. The SMILES string of the molecule is FC(F)(F)c1ccc(CN2CCC3(CCCCN3)C2)cc1. The Morgan fingerprint density at radius 1 is 1.10 bits per heavy atom. The van der Waals surface area contributed by atoms with E-state index in [1.165, 1.54) is 31.4 Å². The number of halogens is 3. The van der Waals surface area contributed by atoms with Crippen LogP contribution in [-0.4, -0.2) is 30.1 Å². The maximum absolute atomic E-state index is 12.5. The molecule has 0 amide bonds. The summed E-state index contributed by atoms with van der Waals surface area (Å²) in [6.07, 6.45) is 0.647. The number of nitrogens with one attached hydrogen (secondary N) is 1. The van der Waals surface area contributed by atoms with Gasteiger partial charge in [-0.1, -0.05) is 18.6 Å². The molecule has 3 rings (SSSR count). The van der Waals surface area contributed by atoms with E-state index < -0.39 is 11.7 Å². The second-order valence-corrected chi connectivity index (χ2v) is 6.32. The summed E-state index contributed by atoms with van der Waals surface area (Å²) in [6.45, 7) is 3.86. The lowest BCUT2D eigenvalue weighted by Gasteiger charge is -2.35. The monoisotopic (exact) mass is 298 g/mol. The highest BCUT2D eigenvalue weighted by molar-refractivity contribution is 5.24. The number of hydrogen-bond donors (Lipinski definition) is 1. The molecule has 0 bridgehead atoms. The Bertz CT molecular complexity index is 475. The normalized spacial score (nSPS) is 27.4. The van der Waals surface area contributed by atoms with E-state index in [0.29, 0.717) is 0 Å². The van der Waals surface area contributed by atoms with Crippen molar-refractivity contribution in [3.05, 3.63) is 35.4 Å². The predicted molar refractivity (Wildman–Crippen MR) is 75.9 cm³/mol. The van der Waals surface area contributed by atoms with Crippen molar-refractivity contribution in [3.8, 4) is 0 Å². The van der Waals surface area contributed by atoms with Gasteiger partial charge in [0.15, 0.2) is 0 Å². The zero-order valence-electron chi connectivity index (χ0n) is 12.0. The molecule has 1 spiro atoms. The van der Waals surface area contributed by atoms with Crippen molar-refractivity contribution in [2.75, 3.05) is 19.6 Å². The number of hydrogen-bond acceptors (Lipinski definition) is 2. The Labute approximate surface area is 123 Å². The van der Waals surface area contributed by atoms with E-state index in [4.69, 9.17) is 0 Å². The fourth-order valence-electron chi connectivity index (χ4n) is 3.53. The molecule has 0 radical (unpaired) electrons. The van der Waals surface area contributed by atoms with Gasteiger partial charge >= 0.3 is 6.18 Å². The molecule has 0 saturated carbocycles. The molecule has 1 aromatic carbocycles. The van der Waals surface area contributed by atoms with Crippen LogP contribution in [0, 0.1) is 0 Å². The van der Waals surface area contributed by atoms with Gasteiger partial charge in [-0.25, -0.2) is 0 Å². The Hall–Kier alpha value is -1.07. The van der Waals surface area contributed by atoms with E-state index in [9.17, 15) is 13.2 Å². The van der Waals surface area contributed by atoms with Crippen LogP contribution < -0.4 is 5.32 Å². The van der Waals surface area contributed by atoms with Crippen molar-refractivity contribution in [1.82, 2.24) is 10.2 Å². The average Bonchev–Trinajstić information content (AvgIpc) is 2.82. The number of alkyl halides is 3. The Morgan fingerprint density at radius 2 is 1.86 bits per heavy atom. The van der Waals surface area contributed by atoms with Crippen molar-refractivity contribution in [2.45, 2.75) is 43.9 Å². The van der Waals surface area contributed by atoms with Gasteiger partial charge in [0.1, 0.15) is 0 Å². The molecule has 21 heavy (non-hydrogen) atoms. The third-order valence-electron chi connectivity index (χ3n) is 4.70. The van der Waals surface area contributed by atoms with Gasteiger partial charge < -0.3 is 5.32 Å². The molecule has 0 aromatic heterocycles. The molecule has 1 unspecified atom stereocenters. The molecule has 2 fully saturated rings. The summed E-state index contributed by atoms with van der Waals surface area (Å²) in [5.41, 5.74) is 0.637. The van der Waals surface area contributed by atoms with Gasteiger partial charge in [-0.15, -0.1) is 0 Å². The van der Waals surface area contributed by atoms with Crippen LogP contribution in [0.2, 0.25) is 0 Å². The maximum Gasteiger partial charge on any atom is 0.416 e. The predicted octanol–water partition coefficient (Wildman–Crippen LogP) is 3.42. The lowest BCUT2D eigenvalue weighted by Crippen LogP contribution is -2.50. The van der Waals surface area contributed by atoms with Crippen molar-refractivity contribution >= 4 is 0 Å². The summed E-state index contributed by atoms with van der Waals surface area (Å²) in [4.78, 5) is 2.35. The van der Waals surface area contributed by atoms with Crippen molar-refractivity contribution in [1.29, 1.82) is 0 Å². The first-order valence-corrected chi connectivity index (χ1v) is 7.60. The molecular formula is C16H21F3N2. The molecule has 1 N–H and O–H groups in total. The molecule has 2 nitrogen and oxygen atoms in total. The van der Waals surface area contributed by atoms with Gasteiger partial charge in [-0.2, -0.15) is 13.2 Å². The van der Waals surface area contributed by atoms with Crippen LogP contribution >= 0.6 is 0 Å². The third-order valence-corrected chi connectivity index (χ3v) is 4.70. The summed E-state index contributed by atoms with van der Waals surface area (Å²) < 4.78 is 37.6. The highest BCUT2D eigenvalue weighted by atomic mass is 19.4. The van der Waals surface area contributed by atoms with Crippen molar-refractivity contribution in [3.63, 3.8) is 0 Å². The van der Waals surface area contributed by atoms with Crippen LogP contribution in [0.1, 0.15) is 36.8 Å². The van der Waals surface area contributed by atoms with Gasteiger partial charge in [-0.05, 0) is 43.5 Å². The van der Waals surface area contributed by atoms with E-state index in [1.54, 1.807) is 12.1 Å². The third kappa shape index (κ3) is 3.40. The van der Waals surface area contributed by atoms with E-state index >= 15 is 0 Å². The highest BCUT2D eigenvalue weighted by Crippen LogP contribution is 2.31. The second kappa shape index (κ2) is 5.61. The summed E-state index contributed by atoms with van der Waals surface area (Å²) in [7, 11) is 0. The highest BCUT2D eigenvalue weighted by Gasteiger charge is 2.38. The fourth-order valence-corrected chi connectivity index (χ4v) is 3.53. The van der Waals surface area contributed by atoms with Gasteiger partial charge in [0, 0.05) is 25.2 Å². The molecule has 2 aliphatic rings. The average molecular weight is 298 g/mol. The summed E-state index contributed by atoms with van der Waals surface area (Å²) in [5, 5.41) is 3.65. The Balaban J connectivity index is 1.60. The number of likely N-dealkylation sites (tertiary alicyclic amines) is 1. The minimum atomic E-state index is -4.25. The van der Waals surface area contributed by atoms with Crippen molar-refractivity contribution < 1.29 is 13.2 Å². The minimum Gasteiger partial charge on any atom is -0.310 e. The van der Waals surface area contributed by atoms with E-state index in [1.807, 2.05) is 0 Å².